The quantitative estimate of drug-likeness (QED) is 0.181. The van der Waals surface area contributed by atoms with E-state index < -0.39 is 11.7 Å². The van der Waals surface area contributed by atoms with E-state index in [1.54, 1.807) is 0 Å². The molecule has 172 valence electrons. The standard InChI is InChI=1S/C25H48O4/c1-3-5-6-7-8-9-10-11-12-13-14-15-16-17-18-19-24(28)29-25(23(27)21-26)20-22(25)4-2/h22-23,26-27H,3-21H2,1-2H3. The van der Waals surface area contributed by atoms with Gasteiger partial charge in [0.1, 0.15) is 11.7 Å². The Bertz CT molecular complexity index is 412. The normalized spacial score (nSPS) is 21.9. The third-order valence-corrected chi connectivity index (χ3v) is 6.61. The van der Waals surface area contributed by atoms with Gasteiger partial charge in [-0.2, -0.15) is 0 Å². The third kappa shape index (κ3) is 10.8. The summed E-state index contributed by atoms with van der Waals surface area (Å²) in [5, 5.41) is 19.2. The first kappa shape index (κ1) is 26.4. The van der Waals surface area contributed by atoms with Crippen LogP contribution < -0.4 is 0 Å². The lowest BCUT2D eigenvalue weighted by Gasteiger charge is -2.23. The van der Waals surface area contributed by atoms with Crippen LogP contribution in [0.25, 0.3) is 0 Å². The number of carbonyl (C=O) groups excluding carboxylic acids is 1. The van der Waals surface area contributed by atoms with Crippen molar-refractivity contribution in [2.24, 2.45) is 5.92 Å². The van der Waals surface area contributed by atoms with Crippen LogP contribution in [-0.2, 0) is 9.53 Å². The summed E-state index contributed by atoms with van der Waals surface area (Å²) >= 11 is 0. The lowest BCUT2D eigenvalue weighted by Crippen LogP contribution is -2.38. The minimum absolute atomic E-state index is 0.189. The van der Waals surface area contributed by atoms with Crippen molar-refractivity contribution in [3.8, 4) is 0 Å². The molecule has 3 atom stereocenters. The molecule has 2 N–H and O–H groups in total. The summed E-state index contributed by atoms with van der Waals surface area (Å²) < 4.78 is 5.58. The number of hydrogen-bond acceptors (Lipinski definition) is 4. The summed E-state index contributed by atoms with van der Waals surface area (Å²) in [4.78, 5) is 12.1. The molecule has 1 saturated carbocycles. The van der Waals surface area contributed by atoms with Crippen LogP contribution in [0, 0.1) is 5.92 Å². The van der Waals surface area contributed by atoms with Gasteiger partial charge in [-0.05, 0) is 19.3 Å². The number of carbonyl (C=O) groups is 1. The molecular weight excluding hydrogens is 364 g/mol. The van der Waals surface area contributed by atoms with Gasteiger partial charge in [-0.15, -0.1) is 0 Å². The van der Waals surface area contributed by atoms with E-state index in [-0.39, 0.29) is 18.5 Å². The average Bonchev–Trinajstić information content (AvgIpc) is 3.44. The van der Waals surface area contributed by atoms with Gasteiger partial charge < -0.3 is 14.9 Å². The highest BCUT2D eigenvalue weighted by Gasteiger charge is 2.61. The minimum atomic E-state index is -0.947. The van der Waals surface area contributed by atoms with E-state index in [0.717, 1.165) is 19.3 Å². The molecule has 0 heterocycles. The third-order valence-electron chi connectivity index (χ3n) is 6.61. The summed E-state index contributed by atoms with van der Waals surface area (Å²) in [6.07, 6.45) is 20.6. The second-order valence-electron chi connectivity index (χ2n) is 9.14. The largest absolute Gasteiger partial charge is 0.456 e. The number of rotatable bonds is 20. The number of esters is 1. The summed E-state index contributed by atoms with van der Waals surface area (Å²) in [6, 6.07) is 0. The zero-order valence-electron chi connectivity index (χ0n) is 19.3. The van der Waals surface area contributed by atoms with E-state index >= 15 is 0 Å². The molecule has 0 radical (unpaired) electrons. The monoisotopic (exact) mass is 412 g/mol. The zero-order chi connectivity index (χ0) is 21.4. The SMILES string of the molecule is CCCCCCCCCCCCCCCCCC(=O)OC1(C(O)CO)CC1CC. The molecule has 0 aromatic rings. The lowest BCUT2D eigenvalue weighted by molar-refractivity contribution is -0.162. The van der Waals surface area contributed by atoms with Crippen LogP contribution in [0.1, 0.15) is 129 Å². The van der Waals surface area contributed by atoms with Crippen LogP contribution in [0.3, 0.4) is 0 Å². The predicted octanol–water partition coefficient (Wildman–Crippen LogP) is 6.31. The van der Waals surface area contributed by atoms with Crippen molar-refractivity contribution in [3.05, 3.63) is 0 Å². The number of aliphatic hydroxyl groups is 2. The fraction of sp³-hybridized carbons (Fsp3) is 0.960. The Labute approximate surface area is 179 Å². The van der Waals surface area contributed by atoms with Gasteiger partial charge in [-0.1, -0.05) is 104 Å². The van der Waals surface area contributed by atoms with Crippen molar-refractivity contribution < 1.29 is 19.7 Å². The van der Waals surface area contributed by atoms with E-state index in [4.69, 9.17) is 4.74 Å². The second kappa shape index (κ2) is 16.1. The van der Waals surface area contributed by atoms with Crippen LogP contribution in [0.15, 0.2) is 0 Å². The first-order valence-electron chi connectivity index (χ1n) is 12.6. The van der Waals surface area contributed by atoms with Gasteiger partial charge >= 0.3 is 5.97 Å². The summed E-state index contributed by atoms with van der Waals surface area (Å²) in [5.74, 6) is -0.0298. The molecular formula is C25H48O4. The molecule has 3 unspecified atom stereocenters. The maximum absolute atomic E-state index is 12.1. The Balaban J connectivity index is 1.89. The maximum atomic E-state index is 12.1. The Morgan fingerprint density at radius 1 is 0.862 bits per heavy atom. The highest BCUT2D eigenvalue weighted by Crippen LogP contribution is 2.51. The molecule has 0 amide bonds. The molecule has 0 spiro atoms. The first-order chi connectivity index (χ1) is 14.1. The second-order valence-corrected chi connectivity index (χ2v) is 9.14. The van der Waals surface area contributed by atoms with Gasteiger partial charge in [0.2, 0.25) is 0 Å². The summed E-state index contributed by atoms with van der Waals surface area (Å²) in [5.41, 5.74) is -0.809. The maximum Gasteiger partial charge on any atom is 0.306 e. The van der Waals surface area contributed by atoms with Crippen molar-refractivity contribution in [1.82, 2.24) is 0 Å². The molecule has 0 aromatic heterocycles. The van der Waals surface area contributed by atoms with E-state index in [9.17, 15) is 15.0 Å². The Morgan fingerprint density at radius 3 is 1.69 bits per heavy atom. The van der Waals surface area contributed by atoms with Crippen molar-refractivity contribution in [1.29, 1.82) is 0 Å². The molecule has 0 saturated heterocycles. The molecule has 1 fully saturated rings. The van der Waals surface area contributed by atoms with Crippen LogP contribution in [0.2, 0.25) is 0 Å². The van der Waals surface area contributed by atoms with Gasteiger partial charge in [0.25, 0.3) is 0 Å². The van der Waals surface area contributed by atoms with Crippen molar-refractivity contribution in [3.63, 3.8) is 0 Å². The van der Waals surface area contributed by atoms with Crippen molar-refractivity contribution in [2.45, 2.75) is 141 Å². The van der Waals surface area contributed by atoms with Crippen molar-refractivity contribution in [2.75, 3.05) is 6.61 Å². The molecule has 0 bridgehead atoms. The number of ether oxygens (including phenoxy) is 1. The van der Waals surface area contributed by atoms with Gasteiger partial charge in [-0.25, -0.2) is 0 Å². The Morgan fingerprint density at radius 2 is 1.31 bits per heavy atom. The topological polar surface area (TPSA) is 66.8 Å². The molecule has 4 nitrogen and oxygen atoms in total. The molecule has 0 aliphatic heterocycles. The Kier molecular flexibility index (Phi) is 14.7. The number of unbranched alkanes of at least 4 members (excludes halogenated alkanes) is 14. The molecule has 1 aliphatic carbocycles. The van der Waals surface area contributed by atoms with E-state index in [0.29, 0.717) is 12.8 Å². The highest BCUT2D eigenvalue weighted by molar-refractivity contribution is 5.70. The number of aliphatic hydroxyl groups excluding tert-OH is 2. The van der Waals surface area contributed by atoms with Crippen LogP contribution in [0.5, 0.6) is 0 Å². The Hall–Kier alpha value is -0.610. The molecule has 29 heavy (non-hydrogen) atoms. The lowest BCUT2D eigenvalue weighted by atomic mass is 10.0. The fourth-order valence-electron chi connectivity index (χ4n) is 4.48. The van der Waals surface area contributed by atoms with E-state index in [1.807, 2.05) is 6.92 Å². The minimum Gasteiger partial charge on any atom is -0.456 e. The van der Waals surface area contributed by atoms with Gasteiger partial charge in [-0.3, -0.25) is 4.79 Å². The predicted molar refractivity (Wildman–Crippen MR) is 120 cm³/mol. The first-order valence-corrected chi connectivity index (χ1v) is 12.6. The molecule has 1 rings (SSSR count). The van der Waals surface area contributed by atoms with Gasteiger partial charge in [0.05, 0.1) is 6.61 Å². The highest BCUT2D eigenvalue weighted by atomic mass is 16.6. The van der Waals surface area contributed by atoms with Crippen LogP contribution >= 0.6 is 0 Å². The summed E-state index contributed by atoms with van der Waals surface area (Å²) in [7, 11) is 0. The van der Waals surface area contributed by atoms with Crippen LogP contribution in [-0.4, -0.2) is 34.5 Å². The van der Waals surface area contributed by atoms with E-state index in [2.05, 4.69) is 6.92 Å². The number of hydrogen-bond donors (Lipinski definition) is 2. The smallest absolute Gasteiger partial charge is 0.306 e. The zero-order valence-corrected chi connectivity index (χ0v) is 19.3. The molecule has 1 aliphatic rings. The van der Waals surface area contributed by atoms with Gasteiger partial charge in [0, 0.05) is 12.3 Å². The average molecular weight is 413 g/mol. The molecule has 4 heteroatoms. The van der Waals surface area contributed by atoms with E-state index in [1.165, 1.54) is 83.5 Å². The van der Waals surface area contributed by atoms with Gasteiger partial charge in [0.15, 0.2) is 0 Å². The van der Waals surface area contributed by atoms with Crippen LogP contribution in [0.4, 0.5) is 0 Å². The summed E-state index contributed by atoms with van der Waals surface area (Å²) in [6.45, 7) is 3.95. The molecule has 0 aromatic carbocycles. The fourth-order valence-corrected chi connectivity index (χ4v) is 4.48. The van der Waals surface area contributed by atoms with Crippen molar-refractivity contribution >= 4 is 5.97 Å².